The molecule has 4 atom stereocenters. The Kier molecular flexibility index (Phi) is 13.7. The Morgan fingerprint density at radius 1 is 0.833 bits per heavy atom. The van der Waals surface area contributed by atoms with Crippen molar-refractivity contribution in [1.82, 2.24) is 15.6 Å². The Bertz CT molecular complexity index is 1980. The molecule has 54 heavy (non-hydrogen) atoms. The lowest BCUT2D eigenvalue weighted by molar-refractivity contribution is -0.150. The van der Waals surface area contributed by atoms with Crippen LogP contribution in [0.3, 0.4) is 0 Å². The molecule has 0 aliphatic carbocycles. The third kappa shape index (κ3) is 11.2. The van der Waals surface area contributed by atoms with Gasteiger partial charge >= 0.3 is 5.97 Å². The van der Waals surface area contributed by atoms with Crippen LogP contribution in [0, 0.1) is 11.8 Å². The van der Waals surface area contributed by atoms with Crippen molar-refractivity contribution >= 4 is 28.7 Å². The van der Waals surface area contributed by atoms with Crippen LogP contribution in [0.15, 0.2) is 128 Å². The molecule has 9 nitrogen and oxygen atoms in total. The van der Waals surface area contributed by atoms with Gasteiger partial charge in [-0.2, -0.15) is 0 Å². The Morgan fingerprint density at radius 2 is 1.56 bits per heavy atom. The fraction of sp³-hybridized carbons (Fsp3) is 0.311. The van der Waals surface area contributed by atoms with E-state index in [1.165, 1.54) is 0 Å². The number of aromatic nitrogens is 1. The first-order valence-corrected chi connectivity index (χ1v) is 18.8. The topological polar surface area (TPSA) is 130 Å². The van der Waals surface area contributed by atoms with Crippen molar-refractivity contribution in [3.63, 3.8) is 0 Å². The predicted octanol–water partition coefficient (Wildman–Crippen LogP) is 6.64. The van der Waals surface area contributed by atoms with E-state index in [-0.39, 0.29) is 43.3 Å². The zero-order valence-electron chi connectivity index (χ0n) is 30.5. The van der Waals surface area contributed by atoms with Gasteiger partial charge in [0.1, 0.15) is 19.0 Å². The second-order valence-corrected chi connectivity index (χ2v) is 14.0. The number of aliphatic hydroxyl groups excluding tert-OH is 1. The van der Waals surface area contributed by atoms with Crippen LogP contribution < -0.4 is 15.4 Å². The average Bonchev–Trinajstić information content (AvgIpc) is 3.61. The van der Waals surface area contributed by atoms with Gasteiger partial charge in [-0.1, -0.05) is 103 Å². The van der Waals surface area contributed by atoms with Gasteiger partial charge in [-0.05, 0) is 79.0 Å². The van der Waals surface area contributed by atoms with E-state index < -0.39 is 18.0 Å². The van der Waals surface area contributed by atoms with Gasteiger partial charge in [0.05, 0.1) is 30.5 Å². The molecule has 9 heteroatoms. The third-order valence-electron chi connectivity index (χ3n) is 9.88. The Balaban J connectivity index is 1.11. The van der Waals surface area contributed by atoms with Crippen LogP contribution in [-0.4, -0.2) is 53.2 Å². The SMILES string of the molecule is O=C(CC1CC=CCCC(Cc2ccccc2)C(=O)OCC(Cc2c[nH]c3ccccc23)NC1=O)NC(CO)Cc1ccc(OCc2ccccc2)cc1. The molecule has 4 aromatic carbocycles. The minimum Gasteiger partial charge on any atom is -0.489 e. The second-order valence-electron chi connectivity index (χ2n) is 14.0. The lowest BCUT2D eigenvalue weighted by Crippen LogP contribution is -2.45. The maximum absolute atomic E-state index is 13.9. The summed E-state index contributed by atoms with van der Waals surface area (Å²) in [6.07, 6.45) is 8.77. The van der Waals surface area contributed by atoms with E-state index in [1.54, 1.807) is 0 Å². The zero-order valence-corrected chi connectivity index (χ0v) is 30.5. The summed E-state index contributed by atoms with van der Waals surface area (Å²) in [7, 11) is 0. The van der Waals surface area contributed by atoms with Crippen molar-refractivity contribution in [2.45, 2.75) is 63.6 Å². The molecule has 0 fully saturated rings. The van der Waals surface area contributed by atoms with E-state index in [4.69, 9.17) is 9.47 Å². The monoisotopic (exact) mass is 727 g/mol. The van der Waals surface area contributed by atoms with Crippen LogP contribution in [0.4, 0.5) is 0 Å². The van der Waals surface area contributed by atoms with Gasteiger partial charge in [0.15, 0.2) is 0 Å². The molecule has 4 N–H and O–H groups in total. The van der Waals surface area contributed by atoms with Crippen molar-refractivity contribution in [2.75, 3.05) is 13.2 Å². The van der Waals surface area contributed by atoms with E-state index in [0.29, 0.717) is 45.1 Å². The molecule has 280 valence electrons. The molecule has 6 rings (SSSR count). The number of para-hydroxylation sites is 1. The largest absolute Gasteiger partial charge is 0.489 e. The average molecular weight is 728 g/mol. The number of nitrogens with one attached hydrogen (secondary N) is 3. The molecule has 1 aliphatic heterocycles. The van der Waals surface area contributed by atoms with Gasteiger partial charge in [-0.3, -0.25) is 14.4 Å². The van der Waals surface area contributed by atoms with Crippen LogP contribution in [0.2, 0.25) is 0 Å². The normalized spacial score (nSPS) is 18.7. The third-order valence-corrected chi connectivity index (χ3v) is 9.88. The minimum absolute atomic E-state index is 0.00435. The Labute approximate surface area is 316 Å². The van der Waals surface area contributed by atoms with E-state index >= 15 is 0 Å². The molecule has 2 heterocycles. The van der Waals surface area contributed by atoms with E-state index in [0.717, 1.165) is 38.9 Å². The number of carbonyl (C=O) groups is 3. The number of benzene rings is 4. The Morgan fingerprint density at radius 3 is 2.31 bits per heavy atom. The number of hydrogen-bond acceptors (Lipinski definition) is 6. The maximum Gasteiger partial charge on any atom is 0.309 e. The quantitative estimate of drug-likeness (QED) is 0.0795. The number of aliphatic hydroxyl groups is 1. The molecule has 1 aromatic heterocycles. The fourth-order valence-corrected chi connectivity index (χ4v) is 6.92. The van der Waals surface area contributed by atoms with E-state index in [2.05, 4.69) is 15.6 Å². The first kappa shape index (κ1) is 38.1. The summed E-state index contributed by atoms with van der Waals surface area (Å²) >= 11 is 0. The summed E-state index contributed by atoms with van der Waals surface area (Å²) in [5, 5.41) is 17.3. The number of cyclic esters (lactones) is 1. The number of amides is 2. The molecular formula is C45H49N3O6. The van der Waals surface area contributed by atoms with Gasteiger partial charge in [-0.25, -0.2) is 0 Å². The number of fused-ring (bicyclic) bond motifs is 1. The molecule has 2 amide bonds. The highest BCUT2D eigenvalue weighted by Crippen LogP contribution is 2.23. The van der Waals surface area contributed by atoms with Gasteiger partial charge < -0.3 is 30.2 Å². The Hall–Kier alpha value is -5.67. The minimum atomic E-state index is -0.663. The van der Waals surface area contributed by atoms with Crippen LogP contribution in [0.25, 0.3) is 10.9 Å². The first-order valence-electron chi connectivity index (χ1n) is 18.8. The lowest BCUT2D eigenvalue weighted by Gasteiger charge is -2.24. The van der Waals surface area contributed by atoms with Crippen LogP contribution in [0.1, 0.15) is 47.9 Å². The van der Waals surface area contributed by atoms with Crippen molar-refractivity contribution in [3.8, 4) is 5.75 Å². The highest BCUT2D eigenvalue weighted by atomic mass is 16.5. The summed E-state index contributed by atoms with van der Waals surface area (Å²) < 4.78 is 11.8. The summed E-state index contributed by atoms with van der Waals surface area (Å²) in [5.41, 5.74) is 5.05. The highest BCUT2D eigenvalue weighted by Gasteiger charge is 2.28. The van der Waals surface area contributed by atoms with Crippen molar-refractivity contribution in [2.24, 2.45) is 11.8 Å². The molecule has 4 unspecified atom stereocenters. The standard InChI is InChI=1S/C45H49N3O6/c49-29-38(25-33-20-22-40(23-21-33)53-30-34-14-6-2-7-15-34)47-43(50)27-35-16-8-3-9-17-36(24-32-12-4-1-5-13-32)45(52)54-31-39(48-44(35)51)26-37-28-46-42-19-11-10-18-41(37)42/h1-8,10-15,18-23,28,35-36,38-39,46,49H,9,16-17,24-27,29-31H2,(H,47,50)(H,48,51). The number of rotatable bonds is 13. The van der Waals surface area contributed by atoms with Gasteiger partial charge in [0.2, 0.25) is 11.8 Å². The number of H-pyrrole nitrogens is 1. The van der Waals surface area contributed by atoms with Crippen molar-refractivity contribution in [3.05, 3.63) is 150 Å². The molecule has 0 saturated heterocycles. The van der Waals surface area contributed by atoms with Gasteiger partial charge in [0, 0.05) is 23.5 Å². The smallest absolute Gasteiger partial charge is 0.309 e. The van der Waals surface area contributed by atoms with Crippen molar-refractivity contribution in [1.29, 1.82) is 0 Å². The second kappa shape index (κ2) is 19.4. The summed E-state index contributed by atoms with van der Waals surface area (Å²) in [4.78, 5) is 44.2. The number of esters is 1. The summed E-state index contributed by atoms with van der Waals surface area (Å²) in [6.45, 7) is 0.213. The number of ether oxygens (including phenoxy) is 2. The van der Waals surface area contributed by atoms with E-state index in [9.17, 15) is 19.5 Å². The molecule has 0 saturated carbocycles. The first-order chi connectivity index (χ1) is 26.4. The molecule has 5 aromatic rings. The molecule has 0 bridgehead atoms. The van der Waals surface area contributed by atoms with Crippen LogP contribution >= 0.6 is 0 Å². The van der Waals surface area contributed by atoms with E-state index in [1.807, 2.05) is 128 Å². The number of aromatic amines is 1. The molecular weight excluding hydrogens is 679 g/mol. The van der Waals surface area contributed by atoms with Crippen molar-refractivity contribution < 1.29 is 29.0 Å². The van der Waals surface area contributed by atoms with Crippen LogP contribution in [0.5, 0.6) is 5.75 Å². The predicted molar refractivity (Wildman–Crippen MR) is 210 cm³/mol. The molecule has 0 radical (unpaired) electrons. The fourth-order valence-electron chi connectivity index (χ4n) is 6.92. The van der Waals surface area contributed by atoms with Crippen LogP contribution in [-0.2, 0) is 45.0 Å². The molecule has 0 spiro atoms. The van der Waals surface area contributed by atoms with Gasteiger partial charge in [-0.15, -0.1) is 0 Å². The zero-order chi connectivity index (χ0) is 37.5. The lowest BCUT2D eigenvalue weighted by atomic mass is 9.94. The number of carbonyl (C=O) groups excluding carboxylic acids is 3. The summed E-state index contributed by atoms with van der Waals surface area (Å²) in [6, 6.07) is 34.3. The number of hydrogen-bond donors (Lipinski definition) is 4. The maximum atomic E-state index is 13.9. The summed E-state index contributed by atoms with van der Waals surface area (Å²) in [5.74, 6) is -1.17. The number of allylic oxidation sites excluding steroid dienone is 2. The molecule has 1 aliphatic rings. The van der Waals surface area contributed by atoms with Gasteiger partial charge in [0.25, 0.3) is 0 Å². The highest BCUT2D eigenvalue weighted by molar-refractivity contribution is 5.87.